The Balaban J connectivity index is 1.52. The predicted molar refractivity (Wildman–Crippen MR) is 137 cm³/mol. The lowest BCUT2D eigenvalue weighted by atomic mass is 10.1. The number of nitrogens with zero attached hydrogens (tertiary/aromatic N) is 4. The summed E-state index contributed by atoms with van der Waals surface area (Å²) in [7, 11) is 0. The molecule has 0 atom stereocenters. The van der Waals surface area contributed by atoms with Crippen LogP contribution >= 0.6 is 11.8 Å². The lowest BCUT2D eigenvalue weighted by molar-refractivity contribution is -0.114. The van der Waals surface area contributed by atoms with Gasteiger partial charge in [0.15, 0.2) is 5.84 Å². The average molecular weight is 470 g/mol. The van der Waals surface area contributed by atoms with Gasteiger partial charge in [0, 0.05) is 17.0 Å². The number of carbonyl (C=O) groups is 1. The van der Waals surface area contributed by atoms with Crippen LogP contribution < -0.4 is 4.74 Å². The zero-order chi connectivity index (χ0) is 23.8. The number of carbonyl (C=O) groups excluding carboxylic acids is 1. The van der Waals surface area contributed by atoms with Gasteiger partial charge in [-0.3, -0.25) is 10.2 Å². The maximum absolute atomic E-state index is 12.9. The summed E-state index contributed by atoms with van der Waals surface area (Å²) in [6.45, 7) is 6.53. The van der Waals surface area contributed by atoms with Crippen LogP contribution in [0.15, 0.2) is 76.3 Å². The third kappa shape index (κ3) is 3.76. The van der Waals surface area contributed by atoms with Crippen LogP contribution in [0.2, 0.25) is 0 Å². The molecule has 170 valence electrons. The van der Waals surface area contributed by atoms with Crippen molar-refractivity contribution in [2.24, 2.45) is 10.1 Å². The Labute approximate surface area is 202 Å². The largest absolute Gasteiger partial charge is 0.492 e. The quantitative estimate of drug-likeness (QED) is 0.523. The van der Waals surface area contributed by atoms with Crippen molar-refractivity contribution in [2.75, 3.05) is 6.61 Å². The van der Waals surface area contributed by atoms with E-state index >= 15 is 0 Å². The van der Waals surface area contributed by atoms with E-state index in [0.717, 1.165) is 34.0 Å². The van der Waals surface area contributed by atoms with Crippen molar-refractivity contribution < 1.29 is 9.53 Å². The van der Waals surface area contributed by atoms with E-state index in [0.29, 0.717) is 16.8 Å². The normalized spacial score (nSPS) is 16.6. The Morgan fingerprint density at radius 2 is 1.82 bits per heavy atom. The Bertz CT molecular complexity index is 1400. The minimum absolute atomic E-state index is 0.0213. The monoisotopic (exact) mass is 469 g/mol. The molecule has 2 aliphatic heterocycles. The van der Waals surface area contributed by atoms with Crippen molar-refractivity contribution in [3.8, 4) is 11.4 Å². The van der Waals surface area contributed by atoms with Crippen LogP contribution in [0.4, 0.5) is 0 Å². The number of hydrazone groups is 1. The fraction of sp³-hybridized carbons (Fsp3) is 0.154. The molecule has 0 fully saturated rings. The van der Waals surface area contributed by atoms with E-state index < -0.39 is 5.91 Å². The summed E-state index contributed by atoms with van der Waals surface area (Å²) >= 11 is 1.30. The van der Waals surface area contributed by atoms with Gasteiger partial charge >= 0.3 is 0 Å². The molecule has 1 N–H and O–H groups in total. The highest BCUT2D eigenvalue weighted by Gasteiger charge is 2.36. The van der Waals surface area contributed by atoms with Crippen molar-refractivity contribution in [2.45, 2.75) is 20.8 Å². The van der Waals surface area contributed by atoms with E-state index in [1.165, 1.54) is 16.8 Å². The molecule has 1 aromatic heterocycles. The van der Waals surface area contributed by atoms with Crippen molar-refractivity contribution in [3.05, 3.63) is 88.8 Å². The maximum atomic E-state index is 12.9. The van der Waals surface area contributed by atoms with Gasteiger partial charge in [0.05, 0.1) is 17.9 Å². The number of thioether (sulfide) groups is 1. The van der Waals surface area contributed by atoms with Crippen LogP contribution in [0.3, 0.4) is 0 Å². The predicted octanol–water partition coefficient (Wildman–Crippen LogP) is 5.16. The number of hydrogen-bond acceptors (Lipinski definition) is 5. The number of aryl methyl sites for hydroxylation is 1. The van der Waals surface area contributed by atoms with E-state index in [2.05, 4.69) is 14.7 Å². The topological polar surface area (TPSA) is 83.0 Å². The molecular formula is C26H23N5O2S. The van der Waals surface area contributed by atoms with E-state index in [1.807, 2.05) is 81.4 Å². The second-order valence-corrected chi connectivity index (χ2v) is 8.81. The number of amidine groups is 2. The third-order valence-electron chi connectivity index (χ3n) is 5.65. The first-order valence-electron chi connectivity index (χ1n) is 10.9. The molecule has 1 amide bonds. The summed E-state index contributed by atoms with van der Waals surface area (Å²) in [4.78, 5) is 17.1. The smallest absolute Gasteiger partial charge is 0.283 e. The Hall–Kier alpha value is -3.91. The van der Waals surface area contributed by atoms with Crippen LogP contribution in [0.25, 0.3) is 11.8 Å². The molecule has 5 rings (SSSR count). The second-order valence-electron chi connectivity index (χ2n) is 7.85. The number of aromatic nitrogens is 1. The maximum Gasteiger partial charge on any atom is 0.283 e. The summed E-state index contributed by atoms with van der Waals surface area (Å²) in [5.74, 6) is 0.374. The summed E-state index contributed by atoms with van der Waals surface area (Å²) in [5.41, 5.74) is 4.85. The highest BCUT2D eigenvalue weighted by molar-refractivity contribution is 8.27. The first-order valence-corrected chi connectivity index (χ1v) is 11.8. The first kappa shape index (κ1) is 21.9. The molecule has 0 saturated heterocycles. The van der Waals surface area contributed by atoms with Gasteiger partial charge in [-0.15, -0.1) is 0 Å². The van der Waals surface area contributed by atoms with Crippen LogP contribution in [-0.2, 0) is 4.79 Å². The van der Waals surface area contributed by atoms with E-state index in [9.17, 15) is 4.79 Å². The Morgan fingerprint density at radius 3 is 2.59 bits per heavy atom. The summed E-state index contributed by atoms with van der Waals surface area (Å²) in [6, 6.07) is 19.6. The van der Waals surface area contributed by atoms with Crippen molar-refractivity contribution >= 4 is 39.8 Å². The average Bonchev–Trinajstić information content (AvgIpc) is 3.38. The number of nitrogens with one attached hydrogen (secondary N) is 1. The molecular weight excluding hydrogens is 446 g/mol. The molecule has 34 heavy (non-hydrogen) atoms. The molecule has 3 aromatic rings. The second kappa shape index (κ2) is 8.79. The van der Waals surface area contributed by atoms with Gasteiger partial charge in [-0.05, 0) is 62.4 Å². The minimum Gasteiger partial charge on any atom is -0.492 e. The Morgan fingerprint density at radius 1 is 1.09 bits per heavy atom. The standard InChI is InChI=1S/C26H23N5O2S/c1-4-33-22-13-9-8-12-21(22)30-16(2)14-19(17(30)3)15-20-23(27)31-26(28-24(20)32)34-25(29-31)18-10-6-5-7-11-18/h5-15,27H,4H2,1-3H3/b20-15+,27-23?. The number of fused-ring (bicyclic) bond motifs is 1. The number of rotatable bonds is 5. The molecule has 2 aromatic carbocycles. The lowest BCUT2D eigenvalue weighted by Gasteiger charge is -2.20. The molecule has 8 heteroatoms. The fourth-order valence-corrected chi connectivity index (χ4v) is 4.97. The Kier molecular flexibility index (Phi) is 5.67. The molecule has 2 aliphatic rings. The number of aliphatic imine (C=N–C) groups is 1. The molecule has 7 nitrogen and oxygen atoms in total. The fourth-order valence-electron chi connectivity index (χ4n) is 4.07. The number of ether oxygens (including phenoxy) is 1. The highest BCUT2D eigenvalue weighted by atomic mass is 32.2. The third-order valence-corrected chi connectivity index (χ3v) is 6.61. The van der Waals surface area contributed by atoms with Crippen LogP contribution in [0.5, 0.6) is 5.75 Å². The van der Waals surface area contributed by atoms with Gasteiger partial charge in [0.2, 0.25) is 5.17 Å². The van der Waals surface area contributed by atoms with Gasteiger partial charge < -0.3 is 9.30 Å². The summed E-state index contributed by atoms with van der Waals surface area (Å²) < 4.78 is 7.92. The van der Waals surface area contributed by atoms with E-state index in [1.54, 1.807) is 6.08 Å². The van der Waals surface area contributed by atoms with Crippen LogP contribution in [0.1, 0.15) is 29.4 Å². The van der Waals surface area contributed by atoms with E-state index in [-0.39, 0.29) is 11.4 Å². The zero-order valence-electron chi connectivity index (χ0n) is 19.1. The molecule has 0 bridgehead atoms. The number of hydrogen-bond donors (Lipinski definition) is 1. The minimum atomic E-state index is -0.437. The molecule has 0 saturated carbocycles. The van der Waals surface area contributed by atoms with Gasteiger partial charge in [-0.1, -0.05) is 42.5 Å². The highest BCUT2D eigenvalue weighted by Crippen LogP contribution is 2.33. The molecule has 3 heterocycles. The zero-order valence-corrected chi connectivity index (χ0v) is 19.9. The van der Waals surface area contributed by atoms with Crippen molar-refractivity contribution in [1.29, 1.82) is 5.41 Å². The number of para-hydroxylation sites is 2. The number of benzene rings is 2. The molecule has 0 spiro atoms. The number of amides is 1. The first-order chi connectivity index (χ1) is 16.5. The summed E-state index contributed by atoms with van der Waals surface area (Å²) in [6.07, 6.45) is 1.73. The van der Waals surface area contributed by atoms with Crippen molar-refractivity contribution in [3.63, 3.8) is 0 Å². The van der Waals surface area contributed by atoms with Gasteiger partial charge in [0.1, 0.15) is 10.8 Å². The van der Waals surface area contributed by atoms with E-state index in [4.69, 9.17) is 10.1 Å². The van der Waals surface area contributed by atoms with Crippen LogP contribution in [-0.4, -0.2) is 38.1 Å². The van der Waals surface area contributed by atoms with Crippen molar-refractivity contribution in [1.82, 2.24) is 9.58 Å². The van der Waals surface area contributed by atoms with Gasteiger partial charge in [0.25, 0.3) is 5.91 Å². The molecule has 0 aliphatic carbocycles. The van der Waals surface area contributed by atoms with Gasteiger partial charge in [-0.2, -0.15) is 15.1 Å². The van der Waals surface area contributed by atoms with Gasteiger partial charge in [-0.25, -0.2) is 0 Å². The SMILES string of the molecule is CCOc1ccccc1-n1c(C)cc(/C=C2\C(=N)N3N=C(c4ccccc4)SC3=NC2=O)c1C. The lowest BCUT2D eigenvalue weighted by Crippen LogP contribution is -2.35. The summed E-state index contributed by atoms with van der Waals surface area (Å²) in [5, 5.41) is 15.8. The molecule has 0 unspecified atom stereocenters. The van der Waals surface area contributed by atoms with Crippen LogP contribution in [0, 0.1) is 19.3 Å². The molecule has 0 radical (unpaired) electrons.